The molecule has 0 spiro atoms. The molecule has 0 aliphatic heterocycles. The molecule has 0 aromatic heterocycles. The summed E-state index contributed by atoms with van der Waals surface area (Å²) in [6.45, 7) is 0. The van der Waals surface area contributed by atoms with Crippen molar-refractivity contribution in [1.82, 2.24) is 5.43 Å². The molecule has 1 aromatic rings. The van der Waals surface area contributed by atoms with Crippen LogP contribution in [0, 0.1) is 3.57 Å². The first kappa shape index (κ1) is 9.27. The molecule has 5 heteroatoms. The molecule has 0 aliphatic rings. The summed E-state index contributed by atoms with van der Waals surface area (Å²) in [5.74, 6) is 4.57. The summed E-state index contributed by atoms with van der Waals surface area (Å²) in [6, 6.07) is 4.59. The summed E-state index contributed by atoms with van der Waals surface area (Å²) in [6.07, 6.45) is 0. The zero-order valence-electron chi connectivity index (χ0n) is 6.04. The number of halogens is 1. The Labute approximate surface area is 82.9 Å². The summed E-state index contributed by atoms with van der Waals surface area (Å²) in [5.41, 5.74) is 2.32. The van der Waals surface area contributed by atoms with Gasteiger partial charge in [0, 0.05) is 5.56 Å². The molecule has 0 saturated carbocycles. The van der Waals surface area contributed by atoms with Gasteiger partial charge in [-0.2, -0.15) is 0 Å². The van der Waals surface area contributed by atoms with Crippen LogP contribution in [0.2, 0.25) is 0 Å². The lowest BCUT2D eigenvalue weighted by Gasteiger charge is -2.00. The van der Waals surface area contributed by atoms with E-state index in [2.05, 4.69) is 0 Å². The van der Waals surface area contributed by atoms with Gasteiger partial charge in [-0.3, -0.25) is 10.2 Å². The number of aromatic hydroxyl groups is 1. The fraction of sp³-hybridized carbons (Fsp3) is 0. The van der Waals surface area contributed by atoms with Crippen molar-refractivity contribution in [3.05, 3.63) is 27.3 Å². The van der Waals surface area contributed by atoms with E-state index >= 15 is 0 Å². The van der Waals surface area contributed by atoms with E-state index in [1.165, 1.54) is 6.07 Å². The van der Waals surface area contributed by atoms with Gasteiger partial charge in [-0.25, -0.2) is 5.84 Å². The van der Waals surface area contributed by atoms with Gasteiger partial charge in [-0.05, 0) is 40.8 Å². The maximum atomic E-state index is 10.9. The van der Waals surface area contributed by atoms with Crippen LogP contribution in [-0.4, -0.2) is 11.0 Å². The molecule has 0 bridgehead atoms. The standard InChI is InChI=1S/C7H7IN2O2/c8-5-2-1-4(3-6(5)11)7(12)10-9/h1-3,11H,9H2,(H,10,12). The number of phenols is 1. The molecule has 0 radical (unpaired) electrons. The molecule has 0 aliphatic carbocycles. The summed E-state index contributed by atoms with van der Waals surface area (Å²) in [4.78, 5) is 10.9. The number of amides is 1. The maximum Gasteiger partial charge on any atom is 0.265 e. The second-order valence-corrected chi connectivity index (χ2v) is 3.30. The van der Waals surface area contributed by atoms with Gasteiger partial charge < -0.3 is 5.11 Å². The highest BCUT2D eigenvalue weighted by Crippen LogP contribution is 2.20. The average Bonchev–Trinajstić information content (AvgIpc) is 2.08. The van der Waals surface area contributed by atoms with Crippen LogP contribution >= 0.6 is 22.6 Å². The van der Waals surface area contributed by atoms with Crippen molar-refractivity contribution in [2.45, 2.75) is 0 Å². The number of benzene rings is 1. The lowest BCUT2D eigenvalue weighted by atomic mass is 10.2. The van der Waals surface area contributed by atoms with Gasteiger partial charge >= 0.3 is 0 Å². The van der Waals surface area contributed by atoms with Crippen LogP contribution in [0.4, 0.5) is 0 Å². The predicted molar refractivity (Wildman–Crippen MR) is 52.5 cm³/mol. The molecule has 0 unspecified atom stereocenters. The Morgan fingerprint density at radius 2 is 2.25 bits per heavy atom. The third-order valence-electron chi connectivity index (χ3n) is 1.34. The van der Waals surface area contributed by atoms with E-state index in [4.69, 9.17) is 5.84 Å². The van der Waals surface area contributed by atoms with Crippen LogP contribution in [0.3, 0.4) is 0 Å². The predicted octanol–water partition coefficient (Wildman–Crippen LogP) is 0.600. The van der Waals surface area contributed by atoms with Crippen molar-refractivity contribution in [3.8, 4) is 5.75 Å². The number of hydrazine groups is 1. The topological polar surface area (TPSA) is 75.3 Å². The van der Waals surface area contributed by atoms with E-state index in [1.807, 2.05) is 28.0 Å². The highest BCUT2D eigenvalue weighted by atomic mass is 127. The minimum absolute atomic E-state index is 0.0803. The van der Waals surface area contributed by atoms with Gasteiger partial charge in [0.25, 0.3) is 5.91 Å². The Hall–Kier alpha value is -0.820. The summed E-state index contributed by atoms with van der Waals surface area (Å²) in [5, 5.41) is 9.22. The van der Waals surface area contributed by atoms with E-state index in [1.54, 1.807) is 12.1 Å². The number of nitrogens with one attached hydrogen (secondary N) is 1. The molecule has 0 atom stereocenters. The van der Waals surface area contributed by atoms with E-state index in [0.717, 1.165) is 0 Å². The normalized spacial score (nSPS) is 9.50. The largest absolute Gasteiger partial charge is 0.507 e. The SMILES string of the molecule is NNC(=O)c1ccc(I)c(O)c1. The number of nitrogens with two attached hydrogens (primary N) is 1. The van der Waals surface area contributed by atoms with Crippen LogP contribution in [0.5, 0.6) is 5.75 Å². The molecular formula is C7H7IN2O2. The Balaban J connectivity index is 3.05. The van der Waals surface area contributed by atoms with Crippen molar-refractivity contribution >= 4 is 28.5 Å². The molecule has 64 valence electrons. The van der Waals surface area contributed by atoms with Gasteiger partial charge in [0.2, 0.25) is 0 Å². The lowest BCUT2D eigenvalue weighted by molar-refractivity contribution is 0.0953. The van der Waals surface area contributed by atoms with Crippen LogP contribution in [0.1, 0.15) is 10.4 Å². The Morgan fingerprint density at radius 1 is 1.58 bits per heavy atom. The molecule has 0 fully saturated rings. The van der Waals surface area contributed by atoms with Crippen molar-refractivity contribution in [2.24, 2.45) is 5.84 Å². The second-order valence-electron chi connectivity index (χ2n) is 2.14. The molecule has 4 N–H and O–H groups in total. The molecule has 0 heterocycles. The minimum atomic E-state index is -0.415. The second kappa shape index (κ2) is 3.72. The summed E-state index contributed by atoms with van der Waals surface area (Å²) < 4.78 is 0.696. The zero-order chi connectivity index (χ0) is 9.14. The molecule has 1 rings (SSSR count). The number of carbonyl (C=O) groups excluding carboxylic acids is 1. The Bertz CT molecular complexity index is 314. The van der Waals surface area contributed by atoms with Crippen molar-refractivity contribution in [2.75, 3.05) is 0 Å². The van der Waals surface area contributed by atoms with Gasteiger partial charge in [0.1, 0.15) is 5.75 Å². The third-order valence-corrected chi connectivity index (χ3v) is 2.25. The molecule has 12 heavy (non-hydrogen) atoms. The van der Waals surface area contributed by atoms with Crippen molar-refractivity contribution < 1.29 is 9.90 Å². The van der Waals surface area contributed by atoms with E-state index in [9.17, 15) is 9.90 Å². The minimum Gasteiger partial charge on any atom is -0.507 e. The monoisotopic (exact) mass is 278 g/mol. The zero-order valence-corrected chi connectivity index (χ0v) is 8.20. The highest BCUT2D eigenvalue weighted by Gasteiger charge is 2.05. The van der Waals surface area contributed by atoms with Crippen molar-refractivity contribution in [1.29, 1.82) is 0 Å². The average molecular weight is 278 g/mol. The van der Waals surface area contributed by atoms with E-state index in [-0.39, 0.29) is 5.75 Å². The summed E-state index contributed by atoms with van der Waals surface area (Å²) >= 11 is 1.96. The lowest BCUT2D eigenvalue weighted by Crippen LogP contribution is -2.29. The van der Waals surface area contributed by atoms with Crippen molar-refractivity contribution in [3.63, 3.8) is 0 Å². The van der Waals surface area contributed by atoms with Gasteiger partial charge in [0.05, 0.1) is 3.57 Å². The molecule has 4 nitrogen and oxygen atoms in total. The van der Waals surface area contributed by atoms with Crippen LogP contribution in [-0.2, 0) is 0 Å². The molecule has 1 aromatic carbocycles. The van der Waals surface area contributed by atoms with Crippen LogP contribution in [0.15, 0.2) is 18.2 Å². The summed E-state index contributed by atoms with van der Waals surface area (Å²) in [7, 11) is 0. The number of rotatable bonds is 1. The van der Waals surface area contributed by atoms with E-state index in [0.29, 0.717) is 9.13 Å². The number of nitrogen functional groups attached to an aromatic ring is 1. The fourth-order valence-corrected chi connectivity index (χ4v) is 1.07. The Kier molecular flexibility index (Phi) is 2.88. The maximum absolute atomic E-state index is 10.9. The molecule has 1 amide bonds. The number of phenolic OH excluding ortho intramolecular Hbond substituents is 1. The quantitative estimate of drug-likeness (QED) is 0.305. The first-order valence-electron chi connectivity index (χ1n) is 3.14. The first-order chi connectivity index (χ1) is 5.65. The van der Waals surface area contributed by atoms with Gasteiger partial charge in [-0.15, -0.1) is 0 Å². The van der Waals surface area contributed by atoms with Gasteiger partial charge in [-0.1, -0.05) is 0 Å². The Morgan fingerprint density at radius 3 is 2.75 bits per heavy atom. The number of hydrogen-bond acceptors (Lipinski definition) is 3. The highest BCUT2D eigenvalue weighted by molar-refractivity contribution is 14.1. The van der Waals surface area contributed by atoms with Crippen LogP contribution in [0.25, 0.3) is 0 Å². The fourth-order valence-electron chi connectivity index (χ4n) is 0.737. The first-order valence-corrected chi connectivity index (χ1v) is 4.22. The number of hydrogen-bond donors (Lipinski definition) is 3. The smallest absolute Gasteiger partial charge is 0.265 e. The molecular weight excluding hydrogens is 271 g/mol. The van der Waals surface area contributed by atoms with Gasteiger partial charge in [0.15, 0.2) is 0 Å². The number of carbonyl (C=O) groups is 1. The third kappa shape index (κ3) is 1.86. The van der Waals surface area contributed by atoms with E-state index < -0.39 is 5.91 Å². The van der Waals surface area contributed by atoms with Crippen LogP contribution < -0.4 is 11.3 Å². The molecule has 0 saturated heterocycles.